The third-order valence-corrected chi connectivity index (χ3v) is 5.40. The Kier molecular flexibility index (Phi) is 4.48. The average molecular weight is 238 g/mol. The minimum absolute atomic E-state index is 0.776. The van der Waals surface area contributed by atoms with Crippen LogP contribution in [0.1, 0.15) is 59.3 Å². The minimum atomic E-state index is 0.776. The van der Waals surface area contributed by atoms with Gasteiger partial charge < -0.3 is 5.32 Å². The number of hydrogen-bond acceptors (Lipinski definition) is 2. The molecule has 2 fully saturated rings. The molecule has 2 saturated heterocycles. The lowest BCUT2D eigenvalue weighted by Gasteiger charge is -2.45. The van der Waals surface area contributed by atoms with Crippen molar-refractivity contribution in [1.82, 2.24) is 10.2 Å². The summed E-state index contributed by atoms with van der Waals surface area (Å²) < 4.78 is 0. The maximum absolute atomic E-state index is 3.49. The first-order valence-electron chi connectivity index (χ1n) is 7.65. The van der Waals surface area contributed by atoms with Gasteiger partial charge in [-0.05, 0) is 45.6 Å². The van der Waals surface area contributed by atoms with Crippen molar-refractivity contribution in [3.05, 3.63) is 0 Å². The van der Waals surface area contributed by atoms with Crippen LogP contribution in [-0.4, -0.2) is 36.1 Å². The largest absolute Gasteiger partial charge is 0.317 e. The van der Waals surface area contributed by atoms with Gasteiger partial charge in [-0.1, -0.05) is 26.7 Å². The molecule has 3 atom stereocenters. The summed E-state index contributed by atoms with van der Waals surface area (Å²) in [5, 5.41) is 3.49. The number of nitrogens with one attached hydrogen (secondary N) is 1. The normalized spacial score (nSPS) is 35.5. The predicted octanol–water partition coefficient (Wildman–Crippen LogP) is 3.03. The second kappa shape index (κ2) is 5.71. The summed E-state index contributed by atoms with van der Waals surface area (Å²) in [5.41, 5.74) is 0. The quantitative estimate of drug-likeness (QED) is 0.792. The van der Waals surface area contributed by atoms with Gasteiger partial charge in [0.1, 0.15) is 0 Å². The highest BCUT2D eigenvalue weighted by atomic mass is 15.3. The van der Waals surface area contributed by atoms with Crippen LogP contribution in [-0.2, 0) is 0 Å². The molecule has 0 aromatic heterocycles. The van der Waals surface area contributed by atoms with Gasteiger partial charge in [-0.3, -0.25) is 4.90 Å². The number of fused-ring (bicyclic) bond motifs is 2. The van der Waals surface area contributed by atoms with Crippen LogP contribution < -0.4 is 5.32 Å². The number of hydrogen-bond donors (Lipinski definition) is 1. The van der Waals surface area contributed by atoms with Gasteiger partial charge in [0.15, 0.2) is 0 Å². The molecule has 0 saturated carbocycles. The van der Waals surface area contributed by atoms with Crippen molar-refractivity contribution >= 4 is 0 Å². The zero-order valence-electron chi connectivity index (χ0n) is 12.1. The Bertz CT molecular complexity index is 223. The smallest absolute Gasteiger partial charge is 0.0116 e. The van der Waals surface area contributed by atoms with Crippen molar-refractivity contribution < 1.29 is 0 Å². The van der Waals surface area contributed by atoms with E-state index in [-0.39, 0.29) is 0 Å². The molecule has 0 amide bonds. The van der Waals surface area contributed by atoms with Crippen LogP contribution in [0.5, 0.6) is 0 Å². The standard InChI is InChI=1S/C15H30N2/c1-5-12(6-2)11(3)17-14-7-8-15(17)10-13(9-14)16-4/h11-16H,5-10H2,1-4H3. The maximum atomic E-state index is 3.49. The van der Waals surface area contributed by atoms with Crippen LogP contribution in [0.3, 0.4) is 0 Å². The van der Waals surface area contributed by atoms with Gasteiger partial charge in [-0.2, -0.15) is 0 Å². The molecule has 2 rings (SSSR count). The van der Waals surface area contributed by atoms with Crippen LogP contribution >= 0.6 is 0 Å². The van der Waals surface area contributed by atoms with Crippen LogP contribution in [0, 0.1) is 5.92 Å². The highest BCUT2D eigenvalue weighted by Crippen LogP contribution is 2.39. The maximum Gasteiger partial charge on any atom is 0.0116 e. The molecule has 17 heavy (non-hydrogen) atoms. The number of rotatable bonds is 5. The van der Waals surface area contributed by atoms with Crippen LogP contribution in [0.15, 0.2) is 0 Å². The Hall–Kier alpha value is -0.0800. The lowest BCUT2D eigenvalue weighted by atomic mass is 9.89. The van der Waals surface area contributed by atoms with E-state index in [4.69, 9.17) is 0 Å². The van der Waals surface area contributed by atoms with Crippen molar-refractivity contribution in [2.75, 3.05) is 7.05 Å². The molecule has 2 aliphatic heterocycles. The number of nitrogens with zero attached hydrogens (tertiary/aromatic N) is 1. The first-order valence-corrected chi connectivity index (χ1v) is 7.65. The van der Waals surface area contributed by atoms with Crippen molar-refractivity contribution in [1.29, 1.82) is 0 Å². The average Bonchev–Trinajstić information content (AvgIpc) is 2.61. The molecule has 0 aromatic rings. The molecule has 0 spiro atoms. The van der Waals surface area contributed by atoms with E-state index in [9.17, 15) is 0 Å². The zero-order valence-corrected chi connectivity index (χ0v) is 12.1. The second-order valence-corrected chi connectivity index (χ2v) is 6.11. The molecule has 100 valence electrons. The van der Waals surface area contributed by atoms with E-state index in [1.54, 1.807) is 0 Å². The molecule has 0 aliphatic carbocycles. The Morgan fingerprint density at radius 1 is 1.12 bits per heavy atom. The minimum Gasteiger partial charge on any atom is -0.317 e. The van der Waals surface area contributed by atoms with E-state index in [0.29, 0.717) is 0 Å². The van der Waals surface area contributed by atoms with E-state index in [1.165, 1.54) is 38.5 Å². The van der Waals surface area contributed by atoms with E-state index >= 15 is 0 Å². The zero-order chi connectivity index (χ0) is 12.4. The first kappa shape index (κ1) is 13.4. The summed E-state index contributed by atoms with van der Waals surface area (Å²) in [4.78, 5) is 2.88. The van der Waals surface area contributed by atoms with E-state index in [0.717, 1.165) is 30.1 Å². The third-order valence-electron chi connectivity index (χ3n) is 5.40. The monoisotopic (exact) mass is 238 g/mol. The predicted molar refractivity (Wildman–Crippen MR) is 74.3 cm³/mol. The molecule has 0 radical (unpaired) electrons. The van der Waals surface area contributed by atoms with E-state index in [2.05, 4.69) is 38.0 Å². The summed E-state index contributed by atoms with van der Waals surface area (Å²) in [6.45, 7) is 7.18. The molecule has 2 bridgehead atoms. The number of piperidine rings is 1. The van der Waals surface area contributed by atoms with Crippen molar-refractivity contribution in [3.8, 4) is 0 Å². The van der Waals surface area contributed by atoms with Gasteiger partial charge in [0.25, 0.3) is 0 Å². The molecular weight excluding hydrogens is 208 g/mol. The van der Waals surface area contributed by atoms with Crippen LogP contribution in [0.2, 0.25) is 0 Å². The summed E-state index contributed by atoms with van der Waals surface area (Å²) in [6, 6.07) is 3.29. The Balaban J connectivity index is 2.03. The highest BCUT2D eigenvalue weighted by Gasteiger charge is 2.43. The summed E-state index contributed by atoms with van der Waals surface area (Å²) in [6.07, 6.45) is 8.29. The third kappa shape index (κ3) is 2.53. The van der Waals surface area contributed by atoms with Gasteiger partial charge >= 0.3 is 0 Å². The molecule has 2 aliphatic rings. The van der Waals surface area contributed by atoms with E-state index in [1.807, 2.05) is 0 Å². The molecule has 2 heteroatoms. The molecule has 3 unspecified atom stereocenters. The van der Waals surface area contributed by atoms with Gasteiger partial charge in [0.2, 0.25) is 0 Å². The fraction of sp³-hybridized carbons (Fsp3) is 1.00. The van der Waals surface area contributed by atoms with Gasteiger partial charge in [0, 0.05) is 24.2 Å². The van der Waals surface area contributed by atoms with Crippen molar-refractivity contribution in [3.63, 3.8) is 0 Å². The second-order valence-electron chi connectivity index (χ2n) is 6.11. The first-order chi connectivity index (χ1) is 8.21. The molecule has 1 N–H and O–H groups in total. The fourth-order valence-corrected chi connectivity index (χ4v) is 4.33. The van der Waals surface area contributed by atoms with Crippen LogP contribution in [0.4, 0.5) is 0 Å². The van der Waals surface area contributed by atoms with Crippen molar-refractivity contribution in [2.45, 2.75) is 83.5 Å². The lowest BCUT2D eigenvalue weighted by Crippen LogP contribution is -2.53. The van der Waals surface area contributed by atoms with Crippen molar-refractivity contribution in [2.24, 2.45) is 5.92 Å². The highest BCUT2D eigenvalue weighted by molar-refractivity contribution is 4.99. The lowest BCUT2D eigenvalue weighted by molar-refractivity contribution is 0.0483. The Morgan fingerprint density at radius 3 is 2.06 bits per heavy atom. The van der Waals surface area contributed by atoms with Crippen LogP contribution in [0.25, 0.3) is 0 Å². The summed E-state index contributed by atoms with van der Waals surface area (Å²) in [7, 11) is 2.13. The molecular formula is C15H30N2. The molecule has 2 heterocycles. The van der Waals surface area contributed by atoms with Gasteiger partial charge in [-0.25, -0.2) is 0 Å². The van der Waals surface area contributed by atoms with Gasteiger partial charge in [-0.15, -0.1) is 0 Å². The Labute approximate surface area is 107 Å². The molecule has 0 aromatic carbocycles. The summed E-state index contributed by atoms with van der Waals surface area (Å²) >= 11 is 0. The molecule has 2 nitrogen and oxygen atoms in total. The fourth-order valence-electron chi connectivity index (χ4n) is 4.33. The van der Waals surface area contributed by atoms with Gasteiger partial charge in [0.05, 0.1) is 0 Å². The Morgan fingerprint density at radius 2 is 1.65 bits per heavy atom. The van der Waals surface area contributed by atoms with E-state index < -0.39 is 0 Å². The topological polar surface area (TPSA) is 15.3 Å². The SMILES string of the molecule is CCC(CC)C(C)N1C2CCC1CC(NC)C2. The summed E-state index contributed by atoms with van der Waals surface area (Å²) in [5.74, 6) is 0.893.